The van der Waals surface area contributed by atoms with Crippen molar-refractivity contribution in [2.45, 2.75) is 19.8 Å². The summed E-state index contributed by atoms with van der Waals surface area (Å²) in [7, 11) is 0. The molecule has 0 radical (unpaired) electrons. The molecule has 0 saturated carbocycles. The molecule has 5 nitrogen and oxygen atoms in total. The molecule has 0 bridgehead atoms. The minimum absolute atomic E-state index is 0.113. The maximum Gasteiger partial charge on any atom is 0.270 e. The van der Waals surface area contributed by atoms with Gasteiger partial charge >= 0.3 is 0 Å². The van der Waals surface area contributed by atoms with Crippen LogP contribution in [0.5, 0.6) is 0 Å². The van der Waals surface area contributed by atoms with E-state index in [9.17, 15) is 14.9 Å². The number of rotatable bonds is 2. The Bertz CT molecular complexity index is 519. The Kier molecular flexibility index (Phi) is 4.04. The van der Waals surface area contributed by atoms with Crippen molar-refractivity contribution in [3.05, 3.63) is 38.9 Å². The first-order valence-electron chi connectivity index (χ1n) is 6.22. The molecule has 1 heterocycles. The summed E-state index contributed by atoms with van der Waals surface area (Å²) >= 11 is 5.98. The Morgan fingerprint density at radius 2 is 2.26 bits per heavy atom. The zero-order valence-corrected chi connectivity index (χ0v) is 11.4. The number of carbonyl (C=O) groups is 1. The normalized spacial score (nSPS) is 19.3. The van der Waals surface area contributed by atoms with Crippen molar-refractivity contribution in [3.63, 3.8) is 0 Å². The largest absolute Gasteiger partial charge is 0.338 e. The molecule has 102 valence electrons. The number of nitro groups is 1. The van der Waals surface area contributed by atoms with Gasteiger partial charge in [0.1, 0.15) is 0 Å². The number of hydrogen-bond acceptors (Lipinski definition) is 3. The molecule has 2 rings (SSSR count). The first kappa shape index (κ1) is 13.8. The summed E-state index contributed by atoms with van der Waals surface area (Å²) < 4.78 is 0. The van der Waals surface area contributed by atoms with Crippen LogP contribution in [0.3, 0.4) is 0 Å². The lowest BCUT2D eigenvalue weighted by atomic mass is 9.99. The zero-order valence-electron chi connectivity index (χ0n) is 10.6. The number of nitro benzene ring substituents is 1. The van der Waals surface area contributed by atoms with Gasteiger partial charge in [0, 0.05) is 25.2 Å². The standard InChI is InChI=1S/C13H15ClN2O3/c1-9-3-2-6-15(8-9)13(17)11-7-10(16(18)19)4-5-12(11)14/h4-5,7,9H,2-3,6,8H2,1H3/t9-/m1/s1. The second kappa shape index (κ2) is 5.57. The predicted octanol–water partition coefficient (Wildman–Crippen LogP) is 3.12. The number of likely N-dealkylation sites (tertiary alicyclic amines) is 1. The van der Waals surface area contributed by atoms with Crippen LogP contribution in [0.25, 0.3) is 0 Å². The number of amides is 1. The van der Waals surface area contributed by atoms with E-state index in [0.717, 1.165) is 12.8 Å². The number of carbonyl (C=O) groups excluding carboxylic acids is 1. The summed E-state index contributed by atoms with van der Waals surface area (Å²) in [6, 6.07) is 3.96. The second-order valence-electron chi connectivity index (χ2n) is 4.92. The van der Waals surface area contributed by atoms with E-state index in [-0.39, 0.29) is 22.2 Å². The molecular formula is C13H15ClN2O3. The molecule has 1 fully saturated rings. The zero-order chi connectivity index (χ0) is 14.0. The molecule has 0 N–H and O–H groups in total. The smallest absolute Gasteiger partial charge is 0.270 e. The van der Waals surface area contributed by atoms with E-state index in [1.54, 1.807) is 4.90 Å². The van der Waals surface area contributed by atoms with Crippen molar-refractivity contribution in [1.29, 1.82) is 0 Å². The summed E-state index contributed by atoms with van der Waals surface area (Å²) in [4.78, 5) is 24.3. The van der Waals surface area contributed by atoms with E-state index < -0.39 is 4.92 Å². The third-order valence-electron chi connectivity index (χ3n) is 3.34. The van der Waals surface area contributed by atoms with Crippen LogP contribution >= 0.6 is 11.6 Å². The molecule has 1 saturated heterocycles. The molecule has 0 unspecified atom stereocenters. The van der Waals surface area contributed by atoms with Gasteiger partial charge in [0.05, 0.1) is 15.5 Å². The van der Waals surface area contributed by atoms with Crippen LogP contribution in [0.1, 0.15) is 30.1 Å². The maximum atomic E-state index is 12.4. The molecule has 1 aliphatic heterocycles. The SMILES string of the molecule is C[C@@H]1CCCN(C(=O)c2cc([N+](=O)[O-])ccc2Cl)C1. The van der Waals surface area contributed by atoms with Gasteiger partial charge < -0.3 is 4.90 Å². The van der Waals surface area contributed by atoms with Gasteiger partial charge in [-0.25, -0.2) is 0 Å². The summed E-state index contributed by atoms with van der Waals surface area (Å²) in [5, 5.41) is 11.0. The average Bonchev–Trinajstić information content (AvgIpc) is 2.38. The summed E-state index contributed by atoms with van der Waals surface area (Å²) in [6.07, 6.45) is 2.06. The van der Waals surface area contributed by atoms with Gasteiger partial charge in [-0.05, 0) is 24.8 Å². The number of piperidine rings is 1. The predicted molar refractivity (Wildman–Crippen MR) is 72.4 cm³/mol. The molecule has 0 aliphatic carbocycles. The van der Waals surface area contributed by atoms with Crippen molar-refractivity contribution >= 4 is 23.2 Å². The first-order valence-corrected chi connectivity index (χ1v) is 6.60. The van der Waals surface area contributed by atoms with Gasteiger partial charge in [0.2, 0.25) is 0 Å². The lowest BCUT2D eigenvalue weighted by molar-refractivity contribution is -0.384. The Labute approximate surface area is 116 Å². The molecular weight excluding hydrogens is 268 g/mol. The monoisotopic (exact) mass is 282 g/mol. The van der Waals surface area contributed by atoms with Gasteiger partial charge in [-0.1, -0.05) is 18.5 Å². The highest BCUT2D eigenvalue weighted by Gasteiger charge is 2.25. The summed E-state index contributed by atoms with van der Waals surface area (Å²) in [5.74, 6) is 0.232. The minimum Gasteiger partial charge on any atom is -0.338 e. The molecule has 19 heavy (non-hydrogen) atoms. The summed E-state index contributed by atoms with van der Waals surface area (Å²) in [6.45, 7) is 3.45. The van der Waals surface area contributed by atoms with Crippen molar-refractivity contribution in [2.75, 3.05) is 13.1 Å². The van der Waals surface area contributed by atoms with Crippen molar-refractivity contribution < 1.29 is 9.72 Å². The highest BCUT2D eigenvalue weighted by Crippen LogP contribution is 2.25. The first-order chi connectivity index (χ1) is 8.99. The summed E-state index contributed by atoms with van der Waals surface area (Å²) in [5.41, 5.74) is 0.0998. The van der Waals surface area contributed by atoms with Gasteiger partial charge in [-0.2, -0.15) is 0 Å². The molecule has 1 aromatic rings. The van der Waals surface area contributed by atoms with Crippen LogP contribution in [0.4, 0.5) is 5.69 Å². The topological polar surface area (TPSA) is 63.5 Å². The van der Waals surface area contributed by atoms with Crippen LogP contribution in [-0.2, 0) is 0 Å². The highest BCUT2D eigenvalue weighted by atomic mass is 35.5. The van der Waals surface area contributed by atoms with E-state index in [4.69, 9.17) is 11.6 Å². The molecule has 1 aromatic carbocycles. The fourth-order valence-electron chi connectivity index (χ4n) is 2.33. The Morgan fingerprint density at radius 1 is 1.53 bits per heavy atom. The van der Waals surface area contributed by atoms with Crippen LogP contribution in [0, 0.1) is 16.0 Å². The van der Waals surface area contributed by atoms with Crippen molar-refractivity contribution in [3.8, 4) is 0 Å². The number of halogens is 1. The quantitative estimate of drug-likeness (QED) is 0.618. The number of nitrogens with zero attached hydrogens (tertiary/aromatic N) is 2. The fourth-order valence-corrected chi connectivity index (χ4v) is 2.53. The average molecular weight is 283 g/mol. The fraction of sp³-hybridized carbons (Fsp3) is 0.462. The van der Waals surface area contributed by atoms with E-state index in [0.29, 0.717) is 19.0 Å². The highest BCUT2D eigenvalue weighted by molar-refractivity contribution is 6.33. The van der Waals surface area contributed by atoms with E-state index >= 15 is 0 Å². The Morgan fingerprint density at radius 3 is 2.89 bits per heavy atom. The molecule has 0 aromatic heterocycles. The van der Waals surface area contributed by atoms with Gasteiger partial charge in [0.15, 0.2) is 0 Å². The van der Waals surface area contributed by atoms with Crippen LogP contribution in [0.15, 0.2) is 18.2 Å². The number of non-ortho nitro benzene ring substituents is 1. The lowest BCUT2D eigenvalue weighted by Gasteiger charge is -2.31. The van der Waals surface area contributed by atoms with E-state index in [1.165, 1.54) is 18.2 Å². The molecule has 1 aliphatic rings. The molecule has 1 amide bonds. The Hall–Kier alpha value is -1.62. The van der Waals surface area contributed by atoms with E-state index in [1.807, 2.05) is 0 Å². The molecule has 1 atom stereocenters. The van der Waals surface area contributed by atoms with Crippen molar-refractivity contribution in [2.24, 2.45) is 5.92 Å². The maximum absolute atomic E-state index is 12.4. The second-order valence-corrected chi connectivity index (χ2v) is 5.33. The van der Waals surface area contributed by atoms with E-state index in [2.05, 4.69) is 6.92 Å². The van der Waals surface area contributed by atoms with Crippen molar-refractivity contribution in [1.82, 2.24) is 4.90 Å². The third kappa shape index (κ3) is 3.04. The van der Waals surface area contributed by atoms with Crippen LogP contribution in [-0.4, -0.2) is 28.8 Å². The third-order valence-corrected chi connectivity index (χ3v) is 3.66. The number of hydrogen-bond donors (Lipinski definition) is 0. The van der Waals surface area contributed by atoms with Gasteiger partial charge in [0.25, 0.3) is 11.6 Å². The minimum atomic E-state index is -0.522. The number of benzene rings is 1. The van der Waals surface area contributed by atoms with Crippen LogP contribution in [0.2, 0.25) is 5.02 Å². The van der Waals surface area contributed by atoms with Gasteiger partial charge in [-0.15, -0.1) is 0 Å². The Balaban J connectivity index is 2.27. The lowest BCUT2D eigenvalue weighted by Crippen LogP contribution is -2.39. The molecule has 0 spiro atoms. The molecule has 6 heteroatoms. The van der Waals surface area contributed by atoms with Crippen LogP contribution < -0.4 is 0 Å². The van der Waals surface area contributed by atoms with Gasteiger partial charge in [-0.3, -0.25) is 14.9 Å².